The summed E-state index contributed by atoms with van der Waals surface area (Å²) in [6, 6.07) is 5.78. The van der Waals surface area contributed by atoms with Crippen LogP contribution in [-0.2, 0) is 11.2 Å². The molecular weight excluding hydrogens is 333 g/mol. The lowest BCUT2D eigenvalue weighted by molar-refractivity contribution is 0.0857. The van der Waals surface area contributed by atoms with Crippen LogP contribution in [0.1, 0.15) is 38.2 Å². The fraction of sp³-hybridized carbons (Fsp3) is 0.647. The summed E-state index contributed by atoms with van der Waals surface area (Å²) in [5, 5.41) is 3.69. The predicted octanol–water partition coefficient (Wildman–Crippen LogP) is 4.07. The van der Waals surface area contributed by atoms with Gasteiger partial charge in [-0.15, -0.1) is 0 Å². The van der Waals surface area contributed by atoms with Crippen LogP contribution in [0.5, 0.6) is 0 Å². The van der Waals surface area contributed by atoms with Gasteiger partial charge in [-0.05, 0) is 72.3 Å². The summed E-state index contributed by atoms with van der Waals surface area (Å²) in [5.74, 6) is 0.402. The molecule has 4 atom stereocenters. The van der Waals surface area contributed by atoms with Crippen LogP contribution in [0.15, 0.2) is 22.7 Å². The van der Waals surface area contributed by atoms with Crippen LogP contribution in [0.4, 0.5) is 4.39 Å². The molecule has 116 valence electrons. The first-order valence-corrected chi connectivity index (χ1v) is 8.79. The van der Waals surface area contributed by atoms with Crippen LogP contribution >= 0.6 is 15.9 Å². The summed E-state index contributed by atoms with van der Waals surface area (Å²) in [6.45, 7) is 3.22. The Morgan fingerprint density at radius 3 is 2.90 bits per heavy atom. The summed E-state index contributed by atoms with van der Waals surface area (Å²) in [5.41, 5.74) is 1.18. The van der Waals surface area contributed by atoms with E-state index in [1.807, 2.05) is 12.1 Å². The monoisotopic (exact) mass is 355 g/mol. The first-order valence-electron chi connectivity index (χ1n) is 8.00. The summed E-state index contributed by atoms with van der Waals surface area (Å²) < 4.78 is 20.0. The highest BCUT2D eigenvalue weighted by atomic mass is 79.9. The minimum atomic E-state index is -0.194. The van der Waals surface area contributed by atoms with Gasteiger partial charge in [-0.1, -0.05) is 13.0 Å². The molecule has 0 saturated carbocycles. The molecule has 1 N–H and O–H groups in total. The molecule has 2 fully saturated rings. The quantitative estimate of drug-likeness (QED) is 0.830. The molecule has 0 spiro atoms. The zero-order valence-corrected chi connectivity index (χ0v) is 14.0. The molecule has 0 radical (unpaired) electrons. The molecule has 2 aliphatic heterocycles. The van der Waals surface area contributed by atoms with E-state index in [2.05, 4.69) is 28.2 Å². The molecule has 3 rings (SSSR count). The third-order valence-electron chi connectivity index (χ3n) is 4.77. The highest BCUT2D eigenvalue weighted by Gasteiger charge is 2.44. The third-order valence-corrected chi connectivity index (χ3v) is 5.37. The Labute approximate surface area is 134 Å². The Bertz CT molecular complexity index is 496. The maximum Gasteiger partial charge on any atom is 0.137 e. The Morgan fingerprint density at radius 1 is 1.43 bits per heavy atom. The van der Waals surface area contributed by atoms with Crippen molar-refractivity contribution >= 4 is 15.9 Å². The van der Waals surface area contributed by atoms with Gasteiger partial charge in [-0.25, -0.2) is 4.39 Å². The Kier molecular flexibility index (Phi) is 4.97. The Hall–Kier alpha value is -0.450. The lowest BCUT2D eigenvalue weighted by atomic mass is 9.81. The summed E-state index contributed by atoms with van der Waals surface area (Å²) >= 11 is 3.28. The number of nitrogens with one attached hydrogen (secondary N) is 1. The van der Waals surface area contributed by atoms with Crippen molar-refractivity contribution in [3.05, 3.63) is 34.1 Å². The summed E-state index contributed by atoms with van der Waals surface area (Å²) in [6.07, 6.45) is 6.57. The number of rotatable bonds is 6. The van der Waals surface area contributed by atoms with Gasteiger partial charge in [0.15, 0.2) is 0 Å². The van der Waals surface area contributed by atoms with Crippen molar-refractivity contribution in [2.24, 2.45) is 5.92 Å². The van der Waals surface area contributed by atoms with E-state index >= 15 is 0 Å². The Morgan fingerprint density at radius 2 is 2.29 bits per heavy atom. The predicted molar refractivity (Wildman–Crippen MR) is 85.9 cm³/mol. The second-order valence-corrected chi connectivity index (χ2v) is 7.14. The minimum Gasteiger partial charge on any atom is -0.375 e. The van der Waals surface area contributed by atoms with Crippen LogP contribution < -0.4 is 5.32 Å². The van der Waals surface area contributed by atoms with Gasteiger partial charge in [0.05, 0.1) is 16.7 Å². The fourth-order valence-corrected chi connectivity index (χ4v) is 4.15. The standard InChI is InChI=1S/C17H23BrFNO/c1-2-7-20-16(13-10-12-4-6-17(13)21-12)9-11-3-5-15(19)14(18)8-11/h3,5,8,12-13,16-17,20H,2,4,6-7,9-10H2,1H3. The van der Waals surface area contributed by atoms with Crippen molar-refractivity contribution in [1.29, 1.82) is 0 Å². The number of hydrogen-bond acceptors (Lipinski definition) is 2. The van der Waals surface area contributed by atoms with E-state index in [-0.39, 0.29) is 5.82 Å². The zero-order valence-electron chi connectivity index (χ0n) is 12.4. The van der Waals surface area contributed by atoms with E-state index in [1.54, 1.807) is 6.07 Å². The number of fused-ring (bicyclic) bond motifs is 2. The van der Waals surface area contributed by atoms with Crippen LogP contribution in [0, 0.1) is 11.7 Å². The van der Waals surface area contributed by atoms with Gasteiger partial charge < -0.3 is 10.1 Å². The van der Waals surface area contributed by atoms with Crippen molar-refractivity contribution < 1.29 is 9.13 Å². The highest BCUT2D eigenvalue weighted by Crippen LogP contribution is 2.41. The zero-order chi connectivity index (χ0) is 14.8. The summed E-state index contributed by atoms with van der Waals surface area (Å²) in [4.78, 5) is 0. The molecule has 0 aromatic heterocycles. The molecule has 2 heterocycles. The molecule has 21 heavy (non-hydrogen) atoms. The molecule has 0 aliphatic carbocycles. The van der Waals surface area contributed by atoms with Crippen LogP contribution in [0.3, 0.4) is 0 Å². The van der Waals surface area contributed by atoms with Crippen molar-refractivity contribution in [1.82, 2.24) is 5.32 Å². The average Bonchev–Trinajstić information content (AvgIpc) is 3.10. The molecule has 0 amide bonds. The fourth-order valence-electron chi connectivity index (χ4n) is 3.73. The molecule has 2 bridgehead atoms. The van der Waals surface area contributed by atoms with Crippen molar-refractivity contribution in [2.75, 3.05) is 6.54 Å². The van der Waals surface area contributed by atoms with Crippen LogP contribution in [0.25, 0.3) is 0 Å². The number of halogens is 2. The molecule has 2 saturated heterocycles. The van der Waals surface area contributed by atoms with E-state index in [9.17, 15) is 4.39 Å². The molecule has 1 aromatic rings. The van der Waals surface area contributed by atoms with E-state index < -0.39 is 0 Å². The molecule has 4 heteroatoms. The molecule has 2 nitrogen and oxygen atoms in total. The summed E-state index contributed by atoms with van der Waals surface area (Å²) in [7, 11) is 0. The highest BCUT2D eigenvalue weighted by molar-refractivity contribution is 9.10. The SMILES string of the molecule is CCCNC(Cc1ccc(F)c(Br)c1)C1CC2CCC1O2. The maximum atomic E-state index is 13.4. The van der Waals surface area contributed by atoms with Gasteiger partial charge >= 0.3 is 0 Å². The molecule has 2 aliphatic rings. The molecule has 1 aromatic carbocycles. The van der Waals surface area contributed by atoms with Gasteiger partial charge in [0, 0.05) is 12.0 Å². The van der Waals surface area contributed by atoms with Crippen molar-refractivity contribution in [2.45, 2.75) is 57.3 Å². The maximum absolute atomic E-state index is 13.4. The van der Waals surface area contributed by atoms with E-state index in [4.69, 9.17) is 4.74 Å². The molecular formula is C17H23BrFNO. The molecule has 4 unspecified atom stereocenters. The third kappa shape index (κ3) is 3.49. The van der Waals surface area contributed by atoms with Gasteiger partial charge in [-0.2, -0.15) is 0 Å². The second kappa shape index (κ2) is 6.76. The minimum absolute atomic E-state index is 0.194. The Balaban J connectivity index is 1.71. The number of ether oxygens (including phenoxy) is 1. The van der Waals surface area contributed by atoms with Crippen LogP contribution in [0.2, 0.25) is 0 Å². The number of hydrogen-bond donors (Lipinski definition) is 1. The first-order chi connectivity index (χ1) is 10.2. The van der Waals surface area contributed by atoms with Gasteiger partial charge in [0.1, 0.15) is 5.82 Å². The lowest BCUT2D eigenvalue weighted by Gasteiger charge is -2.29. The van der Waals surface area contributed by atoms with Crippen LogP contribution in [-0.4, -0.2) is 24.8 Å². The average molecular weight is 356 g/mol. The largest absolute Gasteiger partial charge is 0.375 e. The first kappa shape index (κ1) is 15.4. The van der Waals surface area contributed by atoms with Gasteiger partial charge in [0.25, 0.3) is 0 Å². The normalized spacial score (nSPS) is 29.0. The van der Waals surface area contributed by atoms with Crippen molar-refractivity contribution in [3.8, 4) is 0 Å². The van der Waals surface area contributed by atoms with Gasteiger partial charge in [0.2, 0.25) is 0 Å². The second-order valence-electron chi connectivity index (χ2n) is 6.29. The van der Waals surface area contributed by atoms with Crippen molar-refractivity contribution in [3.63, 3.8) is 0 Å². The topological polar surface area (TPSA) is 21.3 Å². The lowest BCUT2D eigenvalue weighted by Crippen LogP contribution is -2.42. The van der Waals surface area contributed by atoms with E-state index in [1.165, 1.54) is 24.8 Å². The van der Waals surface area contributed by atoms with E-state index in [0.717, 1.165) is 19.4 Å². The van der Waals surface area contributed by atoms with E-state index in [0.29, 0.717) is 28.6 Å². The smallest absolute Gasteiger partial charge is 0.137 e. The number of benzene rings is 1. The van der Waals surface area contributed by atoms with Gasteiger partial charge in [-0.3, -0.25) is 0 Å².